The van der Waals surface area contributed by atoms with Crippen molar-refractivity contribution in [2.45, 2.75) is 18.9 Å². The molecule has 1 aromatic rings. The number of rotatable bonds is 2. The molecule has 0 radical (unpaired) electrons. The number of fused-ring (bicyclic) bond motifs is 3. The second-order valence-electron chi connectivity index (χ2n) is 10.9. The summed E-state index contributed by atoms with van der Waals surface area (Å²) in [4.78, 5) is 31.1. The Kier molecular flexibility index (Phi) is 3.28. The highest BCUT2D eigenvalue weighted by Crippen LogP contribution is 2.84. The van der Waals surface area contributed by atoms with Crippen molar-refractivity contribution in [2.75, 3.05) is 37.7 Å². The van der Waals surface area contributed by atoms with Crippen molar-refractivity contribution in [3.63, 3.8) is 0 Å². The average Bonchev–Trinajstić information content (AvgIpc) is 3.38. The molecule has 2 heterocycles. The van der Waals surface area contributed by atoms with E-state index < -0.39 is 6.10 Å². The Morgan fingerprint density at radius 1 is 0.839 bits per heavy atom. The topological polar surface area (TPSA) is 59.1 Å². The Morgan fingerprint density at radius 2 is 1.58 bits per heavy atom. The van der Waals surface area contributed by atoms with Crippen LogP contribution in [0.25, 0.3) is 0 Å². The first-order chi connectivity index (χ1) is 15.2. The van der Waals surface area contributed by atoms with E-state index >= 15 is 0 Å². The standard InChI is InChI=1S/C25H28N2O4/c28-24(26-5-7-30-8-6-26)18-11-27(16-3-1-2-4-17(16)31-18)25(29)23-20-13-10-14-19-12(13)9-15(20)21(19)22(14)23/h1-4,12-15,18-23H,5-11H2. The van der Waals surface area contributed by atoms with E-state index in [-0.39, 0.29) is 17.7 Å². The number of nitrogens with zero attached hydrogens (tertiary/aromatic N) is 2. The fourth-order valence-electron chi connectivity index (χ4n) is 9.54. The zero-order chi connectivity index (χ0) is 20.4. The number of ether oxygens (including phenoxy) is 2. The number of morpholine rings is 1. The van der Waals surface area contributed by atoms with Gasteiger partial charge in [-0.25, -0.2) is 0 Å². The zero-order valence-corrected chi connectivity index (χ0v) is 17.6. The van der Waals surface area contributed by atoms with Gasteiger partial charge in [-0.15, -0.1) is 0 Å². The largest absolute Gasteiger partial charge is 0.476 e. The predicted molar refractivity (Wildman–Crippen MR) is 111 cm³/mol. The third-order valence-corrected chi connectivity index (χ3v) is 10.2. The molecule has 10 atom stereocenters. The summed E-state index contributed by atoms with van der Waals surface area (Å²) in [5.74, 6) is 7.41. The third kappa shape index (κ3) is 2.00. The summed E-state index contributed by atoms with van der Waals surface area (Å²) in [5.41, 5.74) is 0.844. The summed E-state index contributed by atoms with van der Waals surface area (Å²) >= 11 is 0. The lowest BCUT2D eigenvalue weighted by atomic mass is 9.57. The van der Waals surface area contributed by atoms with E-state index in [9.17, 15) is 9.59 Å². The van der Waals surface area contributed by atoms with E-state index in [1.807, 2.05) is 34.1 Å². The van der Waals surface area contributed by atoms with Gasteiger partial charge >= 0.3 is 0 Å². The van der Waals surface area contributed by atoms with Gasteiger partial charge in [-0.3, -0.25) is 9.59 Å². The second-order valence-corrected chi connectivity index (χ2v) is 10.9. The Bertz CT molecular complexity index is 983. The molecule has 6 fully saturated rings. The van der Waals surface area contributed by atoms with Crippen LogP contribution in [-0.4, -0.2) is 55.7 Å². The molecule has 5 saturated carbocycles. The number of anilines is 1. The van der Waals surface area contributed by atoms with E-state index in [1.165, 1.54) is 12.8 Å². The monoisotopic (exact) mass is 420 g/mol. The maximum atomic E-state index is 14.1. The number of carbonyl (C=O) groups excluding carboxylic acids is 2. The highest BCUT2D eigenvalue weighted by atomic mass is 16.5. The van der Waals surface area contributed by atoms with Gasteiger partial charge in [-0.05, 0) is 72.3 Å². The van der Waals surface area contributed by atoms with Crippen molar-refractivity contribution in [3.8, 4) is 5.75 Å². The Labute approximate surface area is 181 Å². The van der Waals surface area contributed by atoms with Gasteiger partial charge in [-0.2, -0.15) is 0 Å². The lowest BCUT2D eigenvalue weighted by molar-refractivity contribution is -0.143. The molecule has 10 unspecified atom stereocenters. The number of benzene rings is 1. The van der Waals surface area contributed by atoms with Crippen LogP contribution in [0.5, 0.6) is 5.75 Å². The Hall–Kier alpha value is -2.08. The van der Waals surface area contributed by atoms with Crippen molar-refractivity contribution in [2.24, 2.45) is 53.3 Å². The average molecular weight is 421 g/mol. The van der Waals surface area contributed by atoms with Crippen molar-refractivity contribution in [1.82, 2.24) is 4.90 Å². The third-order valence-electron chi connectivity index (χ3n) is 10.2. The number of hydrogen-bond donors (Lipinski definition) is 0. The van der Waals surface area contributed by atoms with Crippen molar-refractivity contribution in [1.29, 1.82) is 0 Å². The van der Waals surface area contributed by atoms with Crippen LogP contribution in [0, 0.1) is 53.3 Å². The van der Waals surface area contributed by atoms with Gasteiger partial charge in [0.25, 0.3) is 5.91 Å². The van der Waals surface area contributed by atoms with E-state index in [1.54, 1.807) is 0 Å². The normalized spacial score (nSPS) is 47.4. The second kappa shape index (κ2) is 5.83. The predicted octanol–water partition coefficient (Wildman–Crippen LogP) is 2.03. The maximum absolute atomic E-state index is 14.1. The maximum Gasteiger partial charge on any atom is 0.265 e. The van der Waals surface area contributed by atoms with E-state index in [0.29, 0.717) is 50.4 Å². The van der Waals surface area contributed by atoms with Crippen molar-refractivity contribution < 1.29 is 19.1 Å². The van der Waals surface area contributed by atoms with Gasteiger partial charge in [-0.1, -0.05) is 12.1 Å². The molecule has 1 saturated heterocycles. The summed E-state index contributed by atoms with van der Waals surface area (Å²) in [7, 11) is 0. The van der Waals surface area contributed by atoms with Crippen molar-refractivity contribution >= 4 is 17.5 Å². The van der Waals surface area contributed by atoms with Gasteiger partial charge in [0.1, 0.15) is 5.75 Å². The first kappa shape index (κ1) is 17.5. The van der Waals surface area contributed by atoms with Crippen LogP contribution < -0.4 is 9.64 Å². The molecule has 31 heavy (non-hydrogen) atoms. The van der Waals surface area contributed by atoms with Gasteiger partial charge < -0.3 is 19.3 Å². The van der Waals surface area contributed by atoms with Gasteiger partial charge in [0, 0.05) is 19.0 Å². The van der Waals surface area contributed by atoms with Crippen LogP contribution in [0.15, 0.2) is 24.3 Å². The molecule has 5 aliphatic carbocycles. The number of carbonyl (C=O) groups is 2. The quantitative estimate of drug-likeness (QED) is 0.735. The van der Waals surface area contributed by atoms with Crippen molar-refractivity contribution in [3.05, 3.63) is 24.3 Å². The van der Waals surface area contributed by atoms with Crippen LogP contribution in [0.2, 0.25) is 0 Å². The van der Waals surface area contributed by atoms with Gasteiger partial charge in [0.15, 0.2) is 6.10 Å². The van der Waals surface area contributed by atoms with E-state index in [4.69, 9.17) is 9.47 Å². The molecule has 1 aromatic carbocycles. The Morgan fingerprint density at radius 3 is 2.42 bits per heavy atom. The lowest BCUT2D eigenvalue weighted by Crippen LogP contribution is -2.56. The summed E-state index contributed by atoms with van der Waals surface area (Å²) in [6.45, 7) is 2.65. The van der Waals surface area contributed by atoms with Crippen LogP contribution in [0.1, 0.15) is 12.8 Å². The molecular formula is C25H28N2O4. The molecule has 6 nitrogen and oxygen atoms in total. The SMILES string of the molecule is O=C(C1CN(C(=O)C2C3C4CC5C6C4CC3C6C52)c2ccccc2O1)N1CCOCC1. The fourth-order valence-corrected chi connectivity index (χ4v) is 9.54. The van der Waals surface area contributed by atoms with E-state index in [2.05, 4.69) is 0 Å². The first-order valence-electron chi connectivity index (χ1n) is 12.2. The zero-order valence-electron chi connectivity index (χ0n) is 17.6. The molecule has 2 bridgehead atoms. The molecule has 8 rings (SSSR count). The molecule has 0 aromatic heterocycles. The van der Waals surface area contributed by atoms with Gasteiger partial charge in [0.2, 0.25) is 5.91 Å². The molecular weight excluding hydrogens is 392 g/mol. The molecule has 6 heteroatoms. The first-order valence-corrected chi connectivity index (χ1v) is 12.2. The summed E-state index contributed by atoms with van der Waals surface area (Å²) in [6.07, 6.45) is 2.15. The molecule has 162 valence electrons. The minimum absolute atomic E-state index is 0.0189. The molecule has 0 spiro atoms. The van der Waals surface area contributed by atoms with Crippen LogP contribution in [-0.2, 0) is 14.3 Å². The molecule has 2 amide bonds. The smallest absolute Gasteiger partial charge is 0.265 e. The highest BCUT2D eigenvalue weighted by Gasteiger charge is 2.81. The van der Waals surface area contributed by atoms with Crippen LogP contribution >= 0.6 is 0 Å². The van der Waals surface area contributed by atoms with Crippen LogP contribution in [0.3, 0.4) is 0 Å². The highest BCUT2D eigenvalue weighted by molar-refractivity contribution is 5.99. The summed E-state index contributed by atoms with van der Waals surface area (Å²) in [5, 5.41) is 0. The number of para-hydroxylation sites is 2. The summed E-state index contributed by atoms with van der Waals surface area (Å²) in [6, 6.07) is 7.77. The summed E-state index contributed by atoms with van der Waals surface area (Å²) < 4.78 is 11.6. The number of hydrogen-bond acceptors (Lipinski definition) is 4. The molecule has 7 aliphatic rings. The molecule has 2 aliphatic heterocycles. The molecule has 0 N–H and O–H groups in total. The minimum Gasteiger partial charge on any atom is -0.476 e. The fraction of sp³-hybridized carbons (Fsp3) is 0.680. The minimum atomic E-state index is -0.630. The van der Waals surface area contributed by atoms with E-state index in [0.717, 1.165) is 41.2 Å². The van der Waals surface area contributed by atoms with Gasteiger partial charge in [0.05, 0.1) is 25.4 Å². The lowest BCUT2D eigenvalue weighted by Gasteiger charge is -2.48. The number of amides is 2. The van der Waals surface area contributed by atoms with Crippen LogP contribution in [0.4, 0.5) is 5.69 Å². The Balaban J connectivity index is 1.12.